The quantitative estimate of drug-likeness (QED) is 0.0829. The second-order valence-corrected chi connectivity index (χ2v) is 13.1. The molecular weight excluding hydrogens is 680 g/mol. The molecule has 0 fully saturated rings. The normalized spacial score (nSPS) is 11.7. The topological polar surface area (TPSA) is 119 Å². The predicted octanol–water partition coefficient (Wildman–Crippen LogP) is 8.40. The van der Waals surface area contributed by atoms with Crippen molar-refractivity contribution >= 4 is 69.3 Å². The molecule has 0 saturated carbocycles. The Bertz CT molecular complexity index is 1970. The number of thioether (sulfide) groups is 1. The first-order chi connectivity index (χ1) is 23.8. The van der Waals surface area contributed by atoms with E-state index >= 15 is 0 Å². The Balaban J connectivity index is 1.31. The molecule has 12 heteroatoms. The number of nitrogens with one attached hydrogen (secondary N) is 3. The van der Waals surface area contributed by atoms with Crippen LogP contribution in [0.15, 0.2) is 113 Å². The Hall–Kier alpha value is -5.10. The lowest BCUT2D eigenvalue weighted by Gasteiger charge is -2.15. The molecule has 1 atom stereocenters. The highest BCUT2D eigenvalue weighted by Crippen LogP contribution is 2.33. The molecule has 0 aliphatic heterocycles. The maximum atomic E-state index is 13.7. The molecule has 3 N–H and O–H groups in total. The summed E-state index contributed by atoms with van der Waals surface area (Å²) in [6, 6.07) is 28.4. The summed E-state index contributed by atoms with van der Waals surface area (Å²) in [6.07, 6.45) is 2.09. The molecule has 9 nitrogen and oxygen atoms in total. The number of rotatable bonds is 13. The molecule has 0 aliphatic rings. The summed E-state index contributed by atoms with van der Waals surface area (Å²) in [6.45, 7) is 1.93. The number of benzene rings is 4. The number of hydrogen-bond acceptors (Lipinski definition) is 8. The molecule has 1 aromatic heterocycles. The van der Waals surface area contributed by atoms with Gasteiger partial charge in [-0.3, -0.25) is 14.4 Å². The first-order valence-corrected chi connectivity index (χ1v) is 17.3. The van der Waals surface area contributed by atoms with Crippen LogP contribution in [0.5, 0.6) is 11.5 Å². The number of amides is 3. The number of halogens is 1. The zero-order valence-corrected chi connectivity index (χ0v) is 29.2. The number of anilines is 2. The number of carbonyl (C=O) groups is 3. The van der Waals surface area contributed by atoms with Crippen LogP contribution in [0.4, 0.5) is 10.8 Å². The van der Waals surface area contributed by atoms with E-state index in [1.807, 2.05) is 30.5 Å². The predicted molar refractivity (Wildman–Crippen MR) is 198 cm³/mol. The highest BCUT2D eigenvalue weighted by Gasteiger charge is 2.21. The molecule has 3 amide bonds. The Labute approximate surface area is 297 Å². The summed E-state index contributed by atoms with van der Waals surface area (Å²) >= 11 is 8.73. The summed E-state index contributed by atoms with van der Waals surface area (Å²) in [5.41, 5.74) is 3.05. The van der Waals surface area contributed by atoms with Crippen molar-refractivity contribution in [3.8, 4) is 22.8 Å². The van der Waals surface area contributed by atoms with Crippen LogP contribution in [0.2, 0.25) is 5.02 Å². The van der Waals surface area contributed by atoms with Gasteiger partial charge in [-0.15, -0.1) is 23.1 Å². The van der Waals surface area contributed by atoms with E-state index in [0.29, 0.717) is 44.9 Å². The molecule has 1 unspecified atom stereocenters. The number of aromatic nitrogens is 1. The molecule has 1 heterocycles. The average Bonchev–Trinajstić information content (AvgIpc) is 3.59. The fourth-order valence-corrected chi connectivity index (χ4v) is 6.59. The van der Waals surface area contributed by atoms with Crippen molar-refractivity contribution in [3.63, 3.8) is 0 Å². The number of carbonyl (C=O) groups excluding carboxylic acids is 3. The second kappa shape index (κ2) is 16.8. The Morgan fingerprint density at radius 2 is 1.67 bits per heavy atom. The van der Waals surface area contributed by atoms with E-state index in [-0.39, 0.29) is 11.6 Å². The average molecular weight is 713 g/mol. The molecular formula is C37H33ClN4O5S2. The molecule has 0 radical (unpaired) electrons. The first-order valence-electron chi connectivity index (χ1n) is 15.2. The van der Waals surface area contributed by atoms with E-state index in [1.165, 1.54) is 43.4 Å². The van der Waals surface area contributed by atoms with Gasteiger partial charge >= 0.3 is 0 Å². The zero-order chi connectivity index (χ0) is 34.8. The third-order valence-corrected chi connectivity index (χ3v) is 9.54. The highest BCUT2D eigenvalue weighted by atomic mass is 35.5. The van der Waals surface area contributed by atoms with E-state index in [1.54, 1.807) is 78.9 Å². The SMILES string of the molecule is CCC(Sc1cccc(NC(=O)/C(=C\c2cccc(OC)c2OC)NC(=O)c2ccccc2)c1)C(=O)Nc1nc(-c2ccc(Cl)cc2)cs1. The standard InChI is InChI=1S/C37H33ClN4O5S2/c1-4-32(36(45)42-37-41-30(22-48-37)23-16-18-26(38)19-17-23)49-28-14-9-13-27(21-28)39-35(44)29(40-34(43)24-10-6-5-7-11-24)20-25-12-8-15-31(46-2)33(25)47-3/h5-22,32H,4H2,1-3H3,(H,39,44)(H,40,43)(H,41,42,45)/b29-20+. The van der Waals surface area contributed by atoms with Crippen molar-refractivity contribution in [2.75, 3.05) is 24.9 Å². The number of thiazole rings is 1. The molecule has 4 aromatic carbocycles. The van der Waals surface area contributed by atoms with Crippen molar-refractivity contribution in [3.05, 3.63) is 124 Å². The van der Waals surface area contributed by atoms with Gasteiger partial charge in [-0.25, -0.2) is 4.98 Å². The van der Waals surface area contributed by atoms with Crippen LogP contribution >= 0.6 is 34.7 Å². The minimum atomic E-state index is -0.554. The molecule has 0 bridgehead atoms. The molecule has 5 rings (SSSR count). The lowest BCUT2D eigenvalue weighted by Crippen LogP contribution is -2.30. The third kappa shape index (κ3) is 9.29. The van der Waals surface area contributed by atoms with Crippen LogP contribution in [0.3, 0.4) is 0 Å². The van der Waals surface area contributed by atoms with Gasteiger partial charge in [0.15, 0.2) is 16.6 Å². The van der Waals surface area contributed by atoms with Gasteiger partial charge in [-0.2, -0.15) is 0 Å². The van der Waals surface area contributed by atoms with E-state index in [2.05, 4.69) is 20.9 Å². The van der Waals surface area contributed by atoms with Crippen LogP contribution in [-0.4, -0.2) is 42.2 Å². The maximum Gasteiger partial charge on any atom is 0.272 e. The number of hydrogen-bond donors (Lipinski definition) is 3. The smallest absolute Gasteiger partial charge is 0.272 e. The van der Waals surface area contributed by atoms with E-state index in [0.717, 1.165) is 16.2 Å². The number of ether oxygens (including phenoxy) is 2. The highest BCUT2D eigenvalue weighted by molar-refractivity contribution is 8.00. The van der Waals surface area contributed by atoms with Crippen molar-refractivity contribution < 1.29 is 23.9 Å². The Morgan fingerprint density at radius 1 is 0.918 bits per heavy atom. The van der Waals surface area contributed by atoms with Crippen LogP contribution in [0.25, 0.3) is 17.3 Å². The lowest BCUT2D eigenvalue weighted by atomic mass is 10.1. The molecule has 49 heavy (non-hydrogen) atoms. The van der Waals surface area contributed by atoms with Crippen molar-refractivity contribution in [1.82, 2.24) is 10.3 Å². The Morgan fingerprint density at radius 3 is 2.39 bits per heavy atom. The largest absolute Gasteiger partial charge is 0.493 e. The summed E-state index contributed by atoms with van der Waals surface area (Å²) in [4.78, 5) is 45.4. The maximum absolute atomic E-state index is 13.7. The molecule has 250 valence electrons. The number of methoxy groups -OCH3 is 2. The summed E-state index contributed by atoms with van der Waals surface area (Å²) in [5.74, 6) is -0.307. The second-order valence-electron chi connectivity index (χ2n) is 10.5. The van der Waals surface area contributed by atoms with Gasteiger partial charge in [0.05, 0.1) is 25.2 Å². The van der Waals surface area contributed by atoms with Gasteiger partial charge in [0.1, 0.15) is 5.70 Å². The van der Waals surface area contributed by atoms with Gasteiger partial charge in [0.2, 0.25) is 5.91 Å². The summed E-state index contributed by atoms with van der Waals surface area (Å²) in [7, 11) is 3.02. The third-order valence-electron chi connectivity index (χ3n) is 7.17. The minimum absolute atomic E-state index is 0.00862. The fourth-order valence-electron chi connectivity index (χ4n) is 4.73. The van der Waals surface area contributed by atoms with E-state index in [9.17, 15) is 14.4 Å². The molecule has 0 spiro atoms. The minimum Gasteiger partial charge on any atom is -0.493 e. The van der Waals surface area contributed by atoms with Crippen LogP contribution < -0.4 is 25.4 Å². The van der Waals surface area contributed by atoms with Crippen molar-refractivity contribution in [2.24, 2.45) is 0 Å². The van der Waals surface area contributed by atoms with Crippen LogP contribution in [-0.2, 0) is 9.59 Å². The van der Waals surface area contributed by atoms with Gasteiger partial charge < -0.3 is 25.4 Å². The monoisotopic (exact) mass is 712 g/mol. The van der Waals surface area contributed by atoms with Crippen molar-refractivity contribution in [1.29, 1.82) is 0 Å². The number of para-hydroxylation sites is 1. The van der Waals surface area contributed by atoms with Crippen LogP contribution in [0.1, 0.15) is 29.3 Å². The molecule has 0 aliphatic carbocycles. The number of nitrogens with zero attached hydrogens (tertiary/aromatic N) is 1. The summed E-state index contributed by atoms with van der Waals surface area (Å²) < 4.78 is 11.0. The first kappa shape index (κ1) is 35.2. The van der Waals surface area contributed by atoms with E-state index in [4.69, 9.17) is 21.1 Å². The van der Waals surface area contributed by atoms with Gasteiger partial charge in [-0.05, 0) is 61.0 Å². The zero-order valence-electron chi connectivity index (χ0n) is 26.9. The molecule has 5 aromatic rings. The van der Waals surface area contributed by atoms with E-state index < -0.39 is 17.1 Å². The lowest BCUT2D eigenvalue weighted by molar-refractivity contribution is -0.116. The van der Waals surface area contributed by atoms with Gasteiger partial charge in [0.25, 0.3) is 11.8 Å². The Kier molecular flexibility index (Phi) is 12.1. The fraction of sp³-hybridized carbons (Fsp3) is 0.135. The molecule has 0 saturated heterocycles. The van der Waals surface area contributed by atoms with Gasteiger partial charge in [-0.1, -0.05) is 67.1 Å². The summed E-state index contributed by atoms with van der Waals surface area (Å²) in [5, 5.41) is 11.2. The van der Waals surface area contributed by atoms with Crippen LogP contribution in [0, 0.1) is 0 Å². The van der Waals surface area contributed by atoms with Gasteiger partial charge in [0, 0.05) is 37.7 Å². The van der Waals surface area contributed by atoms with Crippen molar-refractivity contribution in [2.45, 2.75) is 23.5 Å².